The number of ether oxygens (including phenoxy) is 1. The van der Waals surface area contributed by atoms with Gasteiger partial charge in [0, 0.05) is 16.3 Å². The summed E-state index contributed by atoms with van der Waals surface area (Å²) in [5, 5.41) is 3.62. The van der Waals surface area contributed by atoms with Crippen LogP contribution in [0.3, 0.4) is 0 Å². The SMILES string of the molecule is COc1ccccc1C1=C(Nc2ccccc2C)C(=O)N(c2cccc(Cl)c2)C1=O. The number of para-hydroxylation sites is 2. The first-order valence-corrected chi connectivity index (χ1v) is 9.73. The lowest BCUT2D eigenvalue weighted by Crippen LogP contribution is -2.32. The molecule has 3 aromatic rings. The molecule has 0 radical (unpaired) electrons. The molecule has 0 spiro atoms. The van der Waals surface area contributed by atoms with Gasteiger partial charge in [-0.3, -0.25) is 9.59 Å². The summed E-state index contributed by atoms with van der Waals surface area (Å²) in [5.41, 5.74) is 3.09. The lowest BCUT2D eigenvalue weighted by molar-refractivity contribution is -0.120. The standard InChI is InChI=1S/C24H19ClN2O3/c1-15-8-3-5-12-19(15)26-22-21(18-11-4-6-13-20(18)30-2)23(28)27(24(22)29)17-10-7-9-16(25)14-17/h3-14,26H,1-2H3. The van der Waals surface area contributed by atoms with E-state index in [2.05, 4.69) is 5.32 Å². The van der Waals surface area contributed by atoms with E-state index in [1.54, 1.807) is 42.5 Å². The van der Waals surface area contributed by atoms with E-state index in [0.717, 1.165) is 16.2 Å². The van der Waals surface area contributed by atoms with Gasteiger partial charge in [-0.25, -0.2) is 4.90 Å². The molecule has 1 aliphatic rings. The van der Waals surface area contributed by atoms with Gasteiger partial charge in [0.25, 0.3) is 11.8 Å². The van der Waals surface area contributed by atoms with E-state index < -0.39 is 11.8 Å². The first kappa shape index (κ1) is 19.7. The topological polar surface area (TPSA) is 58.6 Å². The molecule has 5 nitrogen and oxygen atoms in total. The number of anilines is 2. The molecule has 30 heavy (non-hydrogen) atoms. The van der Waals surface area contributed by atoms with Gasteiger partial charge in [-0.1, -0.05) is 54.1 Å². The summed E-state index contributed by atoms with van der Waals surface area (Å²) in [4.78, 5) is 28.1. The third-order valence-corrected chi connectivity index (χ3v) is 5.17. The van der Waals surface area contributed by atoms with E-state index in [0.29, 0.717) is 22.0 Å². The van der Waals surface area contributed by atoms with Gasteiger partial charge in [-0.05, 0) is 42.8 Å². The van der Waals surface area contributed by atoms with Crippen LogP contribution in [0.4, 0.5) is 11.4 Å². The highest BCUT2D eigenvalue weighted by Gasteiger charge is 2.41. The van der Waals surface area contributed by atoms with Gasteiger partial charge in [-0.15, -0.1) is 0 Å². The third-order valence-electron chi connectivity index (χ3n) is 4.93. The highest BCUT2D eigenvalue weighted by atomic mass is 35.5. The van der Waals surface area contributed by atoms with E-state index in [9.17, 15) is 9.59 Å². The molecule has 0 aliphatic carbocycles. The maximum Gasteiger partial charge on any atom is 0.282 e. The number of hydrogen-bond donors (Lipinski definition) is 1. The summed E-state index contributed by atoms with van der Waals surface area (Å²) >= 11 is 6.11. The van der Waals surface area contributed by atoms with Crippen molar-refractivity contribution in [2.45, 2.75) is 6.92 Å². The number of aryl methyl sites for hydroxylation is 1. The van der Waals surface area contributed by atoms with Crippen molar-refractivity contribution < 1.29 is 14.3 Å². The molecule has 0 saturated carbocycles. The van der Waals surface area contributed by atoms with Crippen LogP contribution in [0.15, 0.2) is 78.5 Å². The van der Waals surface area contributed by atoms with Gasteiger partial charge in [0.2, 0.25) is 0 Å². The monoisotopic (exact) mass is 418 g/mol. The Bertz CT molecular complexity index is 1190. The maximum atomic E-state index is 13.5. The van der Waals surface area contributed by atoms with Crippen molar-refractivity contribution >= 4 is 40.4 Å². The number of hydrogen-bond acceptors (Lipinski definition) is 4. The van der Waals surface area contributed by atoms with Crippen LogP contribution in [0.25, 0.3) is 5.57 Å². The van der Waals surface area contributed by atoms with Crippen LogP contribution in [-0.4, -0.2) is 18.9 Å². The quantitative estimate of drug-likeness (QED) is 0.589. The number of carbonyl (C=O) groups is 2. The Kier molecular flexibility index (Phi) is 5.29. The Balaban J connectivity index is 1.89. The first-order valence-electron chi connectivity index (χ1n) is 9.36. The highest BCUT2D eigenvalue weighted by molar-refractivity contribution is 6.46. The predicted molar refractivity (Wildman–Crippen MR) is 119 cm³/mol. The van der Waals surface area contributed by atoms with Crippen LogP contribution in [0.2, 0.25) is 5.02 Å². The molecule has 0 atom stereocenters. The van der Waals surface area contributed by atoms with E-state index in [-0.39, 0.29) is 11.3 Å². The molecule has 0 unspecified atom stereocenters. The van der Waals surface area contributed by atoms with Crippen LogP contribution >= 0.6 is 11.6 Å². The molecule has 0 saturated heterocycles. The van der Waals surface area contributed by atoms with Gasteiger partial charge in [0.15, 0.2) is 0 Å². The summed E-state index contributed by atoms with van der Waals surface area (Å²) < 4.78 is 5.46. The molecule has 1 N–H and O–H groups in total. The molecular weight excluding hydrogens is 400 g/mol. The first-order chi connectivity index (χ1) is 14.5. The molecule has 3 aromatic carbocycles. The predicted octanol–water partition coefficient (Wildman–Crippen LogP) is 5.05. The van der Waals surface area contributed by atoms with Crippen molar-refractivity contribution in [2.75, 3.05) is 17.3 Å². The van der Waals surface area contributed by atoms with Crippen LogP contribution in [0.1, 0.15) is 11.1 Å². The second-order valence-corrected chi connectivity index (χ2v) is 7.25. The molecule has 1 heterocycles. The van der Waals surface area contributed by atoms with Crippen LogP contribution in [0.5, 0.6) is 5.75 Å². The molecule has 1 aliphatic heterocycles. The summed E-state index contributed by atoms with van der Waals surface area (Å²) in [6.07, 6.45) is 0. The van der Waals surface area contributed by atoms with Gasteiger partial charge >= 0.3 is 0 Å². The Morgan fingerprint density at radius 3 is 2.37 bits per heavy atom. The number of amides is 2. The van der Waals surface area contributed by atoms with Gasteiger partial charge in [0.1, 0.15) is 11.4 Å². The average Bonchev–Trinajstić information content (AvgIpc) is 2.99. The highest BCUT2D eigenvalue weighted by Crippen LogP contribution is 2.38. The molecule has 6 heteroatoms. The Morgan fingerprint density at radius 1 is 0.900 bits per heavy atom. The minimum atomic E-state index is -0.452. The van der Waals surface area contributed by atoms with Crippen molar-refractivity contribution in [3.05, 3.63) is 94.6 Å². The number of rotatable bonds is 5. The average molecular weight is 419 g/mol. The number of methoxy groups -OCH3 is 1. The summed E-state index contributed by atoms with van der Waals surface area (Å²) in [7, 11) is 1.53. The molecule has 0 aromatic heterocycles. The molecule has 0 bridgehead atoms. The fraction of sp³-hybridized carbons (Fsp3) is 0.0833. The second-order valence-electron chi connectivity index (χ2n) is 6.82. The number of halogens is 1. The zero-order valence-corrected chi connectivity index (χ0v) is 17.2. The van der Waals surface area contributed by atoms with Crippen molar-refractivity contribution in [1.29, 1.82) is 0 Å². The van der Waals surface area contributed by atoms with Gasteiger partial charge < -0.3 is 10.1 Å². The van der Waals surface area contributed by atoms with Crippen molar-refractivity contribution in [2.24, 2.45) is 0 Å². The van der Waals surface area contributed by atoms with E-state index in [4.69, 9.17) is 16.3 Å². The number of carbonyl (C=O) groups excluding carboxylic acids is 2. The van der Waals surface area contributed by atoms with Crippen LogP contribution < -0.4 is 15.0 Å². The van der Waals surface area contributed by atoms with E-state index in [1.807, 2.05) is 37.3 Å². The summed E-state index contributed by atoms with van der Waals surface area (Å²) in [6, 6.07) is 21.4. The van der Waals surface area contributed by atoms with Crippen molar-refractivity contribution in [3.8, 4) is 5.75 Å². The van der Waals surface area contributed by atoms with Crippen LogP contribution in [-0.2, 0) is 9.59 Å². The summed E-state index contributed by atoms with van der Waals surface area (Å²) in [6.45, 7) is 1.93. The number of nitrogens with one attached hydrogen (secondary N) is 1. The molecule has 150 valence electrons. The fourth-order valence-corrected chi connectivity index (χ4v) is 3.63. The Labute approximate surface area is 179 Å². The minimum Gasteiger partial charge on any atom is -0.496 e. The molecule has 4 rings (SSSR count). The zero-order chi connectivity index (χ0) is 21.3. The number of nitrogens with zero attached hydrogens (tertiary/aromatic N) is 1. The third kappa shape index (κ3) is 3.44. The largest absolute Gasteiger partial charge is 0.496 e. The maximum absolute atomic E-state index is 13.5. The minimum absolute atomic E-state index is 0.193. The van der Waals surface area contributed by atoms with Crippen molar-refractivity contribution in [3.63, 3.8) is 0 Å². The van der Waals surface area contributed by atoms with Crippen molar-refractivity contribution in [1.82, 2.24) is 0 Å². The van der Waals surface area contributed by atoms with Gasteiger partial charge in [0.05, 0.1) is 18.4 Å². The molecular formula is C24H19ClN2O3. The normalized spacial score (nSPS) is 13.8. The van der Waals surface area contributed by atoms with E-state index in [1.165, 1.54) is 7.11 Å². The Hall–Kier alpha value is -3.57. The number of benzene rings is 3. The molecule has 0 fully saturated rings. The van der Waals surface area contributed by atoms with E-state index >= 15 is 0 Å². The number of imide groups is 1. The molecule has 2 amide bonds. The lowest BCUT2D eigenvalue weighted by atomic mass is 10.0. The van der Waals surface area contributed by atoms with Crippen LogP contribution in [0, 0.1) is 6.92 Å². The lowest BCUT2D eigenvalue weighted by Gasteiger charge is -2.16. The van der Waals surface area contributed by atoms with Gasteiger partial charge in [-0.2, -0.15) is 0 Å². The zero-order valence-electron chi connectivity index (χ0n) is 16.5. The summed E-state index contributed by atoms with van der Waals surface area (Å²) in [5.74, 6) is -0.389. The Morgan fingerprint density at radius 2 is 1.63 bits per heavy atom. The smallest absolute Gasteiger partial charge is 0.282 e. The fourth-order valence-electron chi connectivity index (χ4n) is 3.44. The second kappa shape index (κ2) is 8.05.